The van der Waals surface area contributed by atoms with Gasteiger partial charge in [0.1, 0.15) is 12.3 Å². The Morgan fingerprint density at radius 2 is 2.00 bits per heavy atom. The normalized spacial score (nSPS) is 10.6. The van der Waals surface area contributed by atoms with Crippen LogP contribution in [0.5, 0.6) is 5.75 Å². The van der Waals surface area contributed by atoms with Gasteiger partial charge in [-0.15, -0.1) is 0 Å². The van der Waals surface area contributed by atoms with Crippen LogP contribution in [0, 0.1) is 6.92 Å². The number of methoxy groups -OCH3 is 1. The van der Waals surface area contributed by atoms with Gasteiger partial charge in [0.15, 0.2) is 0 Å². The quantitative estimate of drug-likeness (QED) is 0.728. The number of rotatable bonds is 4. The van der Waals surface area contributed by atoms with Gasteiger partial charge in [-0.05, 0) is 37.3 Å². The highest BCUT2D eigenvalue weighted by Crippen LogP contribution is 2.19. The average Bonchev–Trinajstić information content (AvgIpc) is 3.00. The summed E-state index contributed by atoms with van der Waals surface area (Å²) in [7, 11) is 1.61. The van der Waals surface area contributed by atoms with Crippen LogP contribution in [0.2, 0.25) is 0 Å². The molecule has 0 atom stereocenters. The molecule has 3 aromatic rings. The van der Waals surface area contributed by atoms with Crippen LogP contribution in [0.25, 0.3) is 11.4 Å². The maximum Gasteiger partial charge on any atom is 0.270 e. The Kier molecular flexibility index (Phi) is 3.69. The van der Waals surface area contributed by atoms with Crippen molar-refractivity contribution in [3.8, 4) is 17.1 Å². The second-order valence-corrected chi connectivity index (χ2v) is 4.72. The van der Waals surface area contributed by atoms with Gasteiger partial charge in [-0.1, -0.05) is 5.16 Å². The summed E-state index contributed by atoms with van der Waals surface area (Å²) in [6.07, 6.45) is 1.57. The zero-order valence-corrected chi connectivity index (χ0v) is 12.2. The molecule has 0 aliphatic carbocycles. The Morgan fingerprint density at radius 1 is 1.23 bits per heavy atom. The minimum atomic E-state index is -0.174. The van der Waals surface area contributed by atoms with E-state index in [4.69, 9.17) is 9.26 Å². The molecule has 1 aromatic carbocycles. The molecule has 0 saturated carbocycles. The topological polar surface area (TPSA) is 83.0 Å². The Labute approximate surface area is 126 Å². The SMILES string of the molecule is COc1ccc(-c2noc(Cn3nccc(C)c3=O)n2)cc1. The van der Waals surface area contributed by atoms with E-state index >= 15 is 0 Å². The number of ether oxygens (including phenoxy) is 1. The minimum absolute atomic E-state index is 0.143. The Bertz CT molecular complexity index is 836. The van der Waals surface area contributed by atoms with Gasteiger partial charge in [-0.25, -0.2) is 4.68 Å². The lowest BCUT2D eigenvalue weighted by Gasteiger charge is -2.00. The summed E-state index contributed by atoms with van der Waals surface area (Å²) in [5, 5.41) is 7.92. The van der Waals surface area contributed by atoms with Gasteiger partial charge < -0.3 is 9.26 Å². The van der Waals surface area contributed by atoms with E-state index in [1.807, 2.05) is 24.3 Å². The second kappa shape index (κ2) is 5.80. The molecule has 0 N–H and O–H groups in total. The highest BCUT2D eigenvalue weighted by atomic mass is 16.5. The highest BCUT2D eigenvalue weighted by molar-refractivity contribution is 5.55. The van der Waals surface area contributed by atoms with Crippen molar-refractivity contribution in [3.63, 3.8) is 0 Å². The van der Waals surface area contributed by atoms with Gasteiger partial charge in [0.2, 0.25) is 11.7 Å². The van der Waals surface area contributed by atoms with Gasteiger partial charge >= 0.3 is 0 Å². The summed E-state index contributed by atoms with van der Waals surface area (Å²) in [6, 6.07) is 8.97. The van der Waals surface area contributed by atoms with E-state index in [-0.39, 0.29) is 12.1 Å². The van der Waals surface area contributed by atoms with Crippen molar-refractivity contribution in [2.45, 2.75) is 13.5 Å². The van der Waals surface area contributed by atoms with E-state index in [9.17, 15) is 4.79 Å². The molecule has 0 fully saturated rings. The number of aryl methyl sites for hydroxylation is 1. The summed E-state index contributed by atoms with van der Waals surface area (Å²) in [6.45, 7) is 1.88. The Balaban J connectivity index is 1.84. The number of nitrogens with zero attached hydrogens (tertiary/aromatic N) is 4. The van der Waals surface area contributed by atoms with Crippen LogP contribution >= 0.6 is 0 Å². The predicted octanol–water partition coefficient (Wildman–Crippen LogP) is 1.66. The molecule has 0 aliphatic rings. The van der Waals surface area contributed by atoms with Crippen molar-refractivity contribution in [1.29, 1.82) is 0 Å². The summed E-state index contributed by atoms with van der Waals surface area (Å²) in [4.78, 5) is 16.2. The van der Waals surface area contributed by atoms with Crippen molar-refractivity contribution < 1.29 is 9.26 Å². The molecule has 0 bridgehead atoms. The van der Waals surface area contributed by atoms with Crippen LogP contribution in [0.1, 0.15) is 11.5 Å². The van der Waals surface area contributed by atoms with E-state index in [1.54, 1.807) is 26.3 Å². The van der Waals surface area contributed by atoms with E-state index in [2.05, 4.69) is 15.2 Å². The molecule has 2 aromatic heterocycles. The lowest BCUT2D eigenvalue weighted by molar-refractivity contribution is 0.363. The first-order valence-corrected chi connectivity index (χ1v) is 6.67. The molecule has 0 radical (unpaired) electrons. The molecule has 2 heterocycles. The zero-order valence-electron chi connectivity index (χ0n) is 12.2. The van der Waals surface area contributed by atoms with Crippen molar-refractivity contribution in [3.05, 3.63) is 58.3 Å². The third kappa shape index (κ3) is 2.73. The van der Waals surface area contributed by atoms with Gasteiger partial charge in [-0.2, -0.15) is 10.1 Å². The first-order chi connectivity index (χ1) is 10.7. The average molecular weight is 298 g/mol. The number of aromatic nitrogens is 4. The van der Waals surface area contributed by atoms with E-state index in [0.717, 1.165) is 11.3 Å². The molecule has 0 spiro atoms. The monoisotopic (exact) mass is 298 g/mol. The van der Waals surface area contributed by atoms with Crippen LogP contribution in [0.15, 0.2) is 45.8 Å². The lowest BCUT2D eigenvalue weighted by atomic mass is 10.2. The maximum absolute atomic E-state index is 11.9. The molecular formula is C15H14N4O3. The van der Waals surface area contributed by atoms with Crippen LogP contribution in [0.4, 0.5) is 0 Å². The molecule has 3 rings (SSSR count). The van der Waals surface area contributed by atoms with E-state index in [1.165, 1.54) is 4.68 Å². The molecule has 7 nitrogen and oxygen atoms in total. The molecule has 0 amide bonds. The summed E-state index contributed by atoms with van der Waals surface area (Å²) in [5.74, 6) is 1.53. The van der Waals surface area contributed by atoms with Crippen LogP contribution in [0.3, 0.4) is 0 Å². The fraction of sp³-hybridized carbons (Fsp3) is 0.200. The van der Waals surface area contributed by atoms with Crippen molar-refractivity contribution in [1.82, 2.24) is 19.9 Å². The summed E-state index contributed by atoms with van der Waals surface area (Å²) >= 11 is 0. The maximum atomic E-state index is 11.9. The standard InChI is InChI=1S/C15H14N4O3/c1-10-7-8-16-19(15(10)20)9-13-17-14(18-22-13)11-3-5-12(21-2)6-4-11/h3-8H,9H2,1-2H3. The van der Waals surface area contributed by atoms with Crippen LogP contribution < -0.4 is 10.3 Å². The highest BCUT2D eigenvalue weighted by Gasteiger charge is 2.11. The van der Waals surface area contributed by atoms with Crippen molar-refractivity contribution in [2.75, 3.05) is 7.11 Å². The fourth-order valence-corrected chi connectivity index (χ4v) is 1.97. The van der Waals surface area contributed by atoms with Crippen LogP contribution in [-0.4, -0.2) is 27.0 Å². The summed E-state index contributed by atoms with van der Waals surface area (Å²) in [5.41, 5.74) is 1.25. The van der Waals surface area contributed by atoms with Gasteiger partial charge in [0.05, 0.1) is 7.11 Å². The molecule has 0 saturated heterocycles. The fourth-order valence-electron chi connectivity index (χ4n) is 1.97. The van der Waals surface area contributed by atoms with E-state index in [0.29, 0.717) is 17.3 Å². The zero-order chi connectivity index (χ0) is 15.5. The first kappa shape index (κ1) is 14.0. The molecule has 112 valence electrons. The van der Waals surface area contributed by atoms with E-state index < -0.39 is 0 Å². The smallest absolute Gasteiger partial charge is 0.270 e. The molecule has 7 heteroatoms. The Hall–Kier alpha value is -2.96. The van der Waals surface area contributed by atoms with Gasteiger partial charge in [0.25, 0.3) is 5.56 Å². The number of hydrogen-bond acceptors (Lipinski definition) is 6. The van der Waals surface area contributed by atoms with Gasteiger partial charge in [-0.3, -0.25) is 4.79 Å². The molecular weight excluding hydrogens is 284 g/mol. The number of hydrogen-bond donors (Lipinski definition) is 0. The largest absolute Gasteiger partial charge is 0.497 e. The minimum Gasteiger partial charge on any atom is -0.497 e. The molecule has 0 aliphatic heterocycles. The van der Waals surface area contributed by atoms with Crippen LogP contribution in [-0.2, 0) is 6.54 Å². The molecule has 22 heavy (non-hydrogen) atoms. The Morgan fingerprint density at radius 3 is 2.73 bits per heavy atom. The van der Waals surface area contributed by atoms with Crippen molar-refractivity contribution >= 4 is 0 Å². The van der Waals surface area contributed by atoms with Crippen molar-refractivity contribution in [2.24, 2.45) is 0 Å². The number of benzene rings is 1. The first-order valence-electron chi connectivity index (χ1n) is 6.67. The predicted molar refractivity (Wildman–Crippen MR) is 78.6 cm³/mol. The second-order valence-electron chi connectivity index (χ2n) is 4.72. The summed E-state index contributed by atoms with van der Waals surface area (Å²) < 4.78 is 11.6. The lowest BCUT2D eigenvalue weighted by Crippen LogP contribution is -2.24. The van der Waals surface area contributed by atoms with Gasteiger partial charge in [0, 0.05) is 17.3 Å². The third-order valence-electron chi connectivity index (χ3n) is 3.20. The third-order valence-corrected chi connectivity index (χ3v) is 3.20. The molecule has 0 unspecified atom stereocenters.